The Bertz CT molecular complexity index is 407. The third-order valence-corrected chi connectivity index (χ3v) is 3.22. The number of hydrogen-bond acceptors (Lipinski definition) is 3. The predicted octanol–water partition coefficient (Wildman–Crippen LogP) is 3.65. The Labute approximate surface area is 110 Å². The van der Waals surface area contributed by atoms with Crippen molar-refractivity contribution in [1.82, 2.24) is 4.98 Å². The average Bonchev–Trinajstić information content (AvgIpc) is 2.15. The Morgan fingerprint density at radius 1 is 1.53 bits per heavy atom. The van der Waals surface area contributed by atoms with E-state index in [2.05, 4.69) is 34.8 Å². The first kappa shape index (κ1) is 14.1. The number of rotatable bonds is 5. The zero-order valence-electron chi connectivity index (χ0n) is 10.3. The van der Waals surface area contributed by atoms with E-state index in [1.807, 2.05) is 0 Å². The SMILES string of the molecule is Cc1ccnc(CC(Br)CC(C)C)c1[N+](=O)[O-]. The molecule has 0 bridgehead atoms. The second-order valence-corrected chi connectivity index (χ2v) is 5.91. The van der Waals surface area contributed by atoms with E-state index >= 15 is 0 Å². The fourth-order valence-electron chi connectivity index (χ4n) is 1.81. The van der Waals surface area contributed by atoms with Gasteiger partial charge in [0.15, 0.2) is 0 Å². The Balaban J connectivity index is 2.91. The summed E-state index contributed by atoms with van der Waals surface area (Å²) >= 11 is 3.56. The van der Waals surface area contributed by atoms with Crippen LogP contribution in [-0.4, -0.2) is 14.7 Å². The van der Waals surface area contributed by atoms with Crippen LogP contribution in [0.2, 0.25) is 0 Å². The summed E-state index contributed by atoms with van der Waals surface area (Å²) in [6.45, 7) is 6.01. The van der Waals surface area contributed by atoms with Crippen LogP contribution in [0, 0.1) is 23.0 Å². The maximum atomic E-state index is 11.0. The van der Waals surface area contributed by atoms with Crippen molar-refractivity contribution < 1.29 is 4.92 Å². The number of hydrogen-bond donors (Lipinski definition) is 0. The van der Waals surface area contributed by atoms with Gasteiger partial charge in [-0.25, -0.2) is 0 Å². The van der Waals surface area contributed by atoms with Crippen LogP contribution in [-0.2, 0) is 6.42 Å². The van der Waals surface area contributed by atoms with Crippen molar-refractivity contribution in [3.63, 3.8) is 0 Å². The molecule has 1 unspecified atom stereocenters. The maximum Gasteiger partial charge on any atom is 0.293 e. The summed E-state index contributed by atoms with van der Waals surface area (Å²) in [5.74, 6) is 0.559. The van der Waals surface area contributed by atoms with Crippen LogP contribution in [0.4, 0.5) is 5.69 Å². The van der Waals surface area contributed by atoms with Crippen LogP contribution < -0.4 is 0 Å². The summed E-state index contributed by atoms with van der Waals surface area (Å²) in [5.41, 5.74) is 1.39. The van der Waals surface area contributed by atoms with E-state index in [0.717, 1.165) is 6.42 Å². The van der Waals surface area contributed by atoms with Crippen LogP contribution in [0.15, 0.2) is 12.3 Å². The first-order valence-corrected chi connectivity index (χ1v) is 6.56. The molecule has 17 heavy (non-hydrogen) atoms. The quantitative estimate of drug-likeness (QED) is 0.474. The summed E-state index contributed by atoms with van der Waals surface area (Å²) in [4.78, 5) is 15.0. The van der Waals surface area contributed by atoms with Gasteiger partial charge in [-0.15, -0.1) is 0 Å². The van der Waals surface area contributed by atoms with Crippen molar-refractivity contribution in [2.75, 3.05) is 0 Å². The van der Waals surface area contributed by atoms with E-state index in [9.17, 15) is 10.1 Å². The van der Waals surface area contributed by atoms with Crippen LogP contribution >= 0.6 is 15.9 Å². The fraction of sp³-hybridized carbons (Fsp3) is 0.583. The minimum absolute atomic E-state index is 0.153. The molecule has 0 saturated heterocycles. The zero-order valence-corrected chi connectivity index (χ0v) is 11.9. The molecule has 0 N–H and O–H groups in total. The molecule has 5 heteroatoms. The largest absolute Gasteiger partial charge is 0.293 e. The monoisotopic (exact) mass is 300 g/mol. The predicted molar refractivity (Wildman–Crippen MR) is 71.5 cm³/mol. The molecule has 0 fully saturated rings. The Morgan fingerprint density at radius 2 is 2.18 bits per heavy atom. The van der Waals surface area contributed by atoms with Crippen LogP contribution in [0.25, 0.3) is 0 Å². The molecule has 1 heterocycles. The molecule has 1 atom stereocenters. The van der Waals surface area contributed by atoms with Gasteiger partial charge in [-0.05, 0) is 25.3 Å². The summed E-state index contributed by atoms with van der Waals surface area (Å²) in [5, 5.41) is 11.0. The Kier molecular flexibility index (Phi) is 5.05. The van der Waals surface area contributed by atoms with Gasteiger partial charge >= 0.3 is 0 Å². The first-order valence-electron chi connectivity index (χ1n) is 5.64. The second-order valence-electron chi connectivity index (χ2n) is 4.61. The normalized spacial score (nSPS) is 12.8. The van der Waals surface area contributed by atoms with E-state index in [0.29, 0.717) is 23.6 Å². The number of halogens is 1. The molecule has 0 radical (unpaired) electrons. The van der Waals surface area contributed by atoms with Gasteiger partial charge in [-0.2, -0.15) is 0 Å². The fourth-order valence-corrected chi connectivity index (χ4v) is 2.86. The van der Waals surface area contributed by atoms with Gasteiger partial charge in [-0.3, -0.25) is 15.1 Å². The Hall–Kier alpha value is -0.970. The van der Waals surface area contributed by atoms with Crippen molar-refractivity contribution in [2.24, 2.45) is 5.92 Å². The highest BCUT2D eigenvalue weighted by atomic mass is 79.9. The molecule has 0 aliphatic carbocycles. The molecule has 1 rings (SSSR count). The molecular weight excluding hydrogens is 284 g/mol. The van der Waals surface area contributed by atoms with E-state index < -0.39 is 0 Å². The van der Waals surface area contributed by atoms with Gasteiger partial charge in [0.05, 0.1) is 4.92 Å². The van der Waals surface area contributed by atoms with E-state index in [-0.39, 0.29) is 15.4 Å². The van der Waals surface area contributed by atoms with E-state index in [1.54, 1.807) is 19.2 Å². The van der Waals surface area contributed by atoms with Crippen molar-refractivity contribution in [3.05, 3.63) is 33.6 Å². The number of alkyl halides is 1. The molecule has 0 amide bonds. The minimum Gasteiger partial charge on any atom is -0.258 e. The maximum absolute atomic E-state index is 11.0. The van der Waals surface area contributed by atoms with E-state index in [4.69, 9.17) is 0 Å². The molecule has 4 nitrogen and oxygen atoms in total. The average molecular weight is 301 g/mol. The smallest absolute Gasteiger partial charge is 0.258 e. The van der Waals surface area contributed by atoms with Crippen LogP contribution in [0.5, 0.6) is 0 Å². The number of nitrogens with zero attached hydrogens (tertiary/aromatic N) is 2. The van der Waals surface area contributed by atoms with Crippen molar-refractivity contribution >= 4 is 21.6 Å². The highest BCUT2D eigenvalue weighted by Crippen LogP contribution is 2.25. The first-order chi connectivity index (χ1) is 7.91. The zero-order chi connectivity index (χ0) is 13.0. The van der Waals surface area contributed by atoms with Crippen molar-refractivity contribution in [2.45, 2.75) is 38.4 Å². The second kappa shape index (κ2) is 6.10. The lowest BCUT2D eigenvalue weighted by atomic mass is 10.0. The van der Waals surface area contributed by atoms with Gasteiger partial charge < -0.3 is 0 Å². The molecule has 1 aromatic rings. The summed E-state index contributed by atoms with van der Waals surface area (Å²) < 4.78 is 0. The van der Waals surface area contributed by atoms with Gasteiger partial charge in [0.25, 0.3) is 5.69 Å². The number of aromatic nitrogens is 1. The standard InChI is InChI=1S/C12H17BrN2O2/c1-8(2)6-10(13)7-11-12(15(16)17)9(3)4-5-14-11/h4-5,8,10H,6-7H2,1-3H3. The van der Waals surface area contributed by atoms with Crippen LogP contribution in [0.3, 0.4) is 0 Å². The molecule has 0 aromatic carbocycles. The third kappa shape index (κ3) is 4.07. The van der Waals surface area contributed by atoms with E-state index in [1.165, 1.54) is 0 Å². The number of nitro groups is 1. The molecule has 0 aliphatic heterocycles. The molecule has 94 valence electrons. The van der Waals surface area contributed by atoms with Crippen molar-refractivity contribution in [1.29, 1.82) is 0 Å². The topological polar surface area (TPSA) is 56.0 Å². The third-order valence-electron chi connectivity index (χ3n) is 2.53. The van der Waals surface area contributed by atoms with Crippen molar-refractivity contribution in [3.8, 4) is 0 Å². The van der Waals surface area contributed by atoms with Gasteiger partial charge in [0.1, 0.15) is 5.69 Å². The molecule has 0 saturated carbocycles. The summed E-state index contributed by atoms with van der Waals surface area (Å²) in [7, 11) is 0. The minimum atomic E-state index is -0.341. The molecule has 1 aromatic heterocycles. The molecular formula is C12H17BrN2O2. The molecule has 0 spiro atoms. The lowest BCUT2D eigenvalue weighted by Crippen LogP contribution is -2.10. The van der Waals surface area contributed by atoms with Gasteiger partial charge in [-0.1, -0.05) is 29.8 Å². The highest BCUT2D eigenvalue weighted by molar-refractivity contribution is 9.09. The summed E-state index contributed by atoms with van der Waals surface area (Å²) in [6, 6.07) is 1.67. The lowest BCUT2D eigenvalue weighted by Gasteiger charge is -2.12. The number of pyridine rings is 1. The molecule has 0 aliphatic rings. The lowest BCUT2D eigenvalue weighted by molar-refractivity contribution is -0.386. The van der Waals surface area contributed by atoms with Crippen LogP contribution in [0.1, 0.15) is 31.5 Å². The Morgan fingerprint density at radius 3 is 2.71 bits per heavy atom. The summed E-state index contributed by atoms with van der Waals surface area (Å²) in [6.07, 6.45) is 3.20. The highest BCUT2D eigenvalue weighted by Gasteiger charge is 2.20. The number of aryl methyl sites for hydroxylation is 1. The van der Waals surface area contributed by atoms with Gasteiger partial charge in [0.2, 0.25) is 0 Å². The van der Waals surface area contributed by atoms with Gasteiger partial charge in [0, 0.05) is 23.0 Å².